The number of fused-ring (bicyclic) bond motifs is 3. The molecule has 0 bridgehead atoms. The Bertz CT molecular complexity index is 1860. The first kappa shape index (κ1) is 25.1. The van der Waals surface area contributed by atoms with Crippen LogP contribution in [-0.4, -0.2) is 23.7 Å². The summed E-state index contributed by atoms with van der Waals surface area (Å²) in [6, 6.07) is 18.1. The van der Waals surface area contributed by atoms with Gasteiger partial charge in [0.15, 0.2) is 16.3 Å². The lowest BCUT2D eigenvalue weighted by molar-refractivity contribution is -0.385. The van der Waals surface area contributed by atoms with Crippen molar-refractivity contribution in [2.75, 3.05) is 14.2 Å². The number of aromatic nitrogens is 1. The Morgan fingerprint density at radius 3 is 2.51 bits per heavy atom. The Kier molecular flexibility index (Phi) is 6.32. The molecule has 6 rings (SSSR count). The van der Waals surface area contributed by atoms with Crippen molar-refractivity contribution in [2.45, 2.75) is 18.9 Å². The summed E-state index contributed by atoms with van der Waals surface area (Å²) in [7, 11) is 2.87. The summed E-state index contributed by atoms with van der Waals surface area (Å²) in [5.74, 6) is 0.560. The van der Waals surface area contributed by atoms with Gasteiger partial charge < -0.3 is 9.47 Å². The van der Waals surface area contributed by atoms with Crippen LogP contribution in [0.25, 0.3) is 11.8 Å². The van der Waals surface area contributed by atoms with Gasteiger partial charge in [-0.15, -0.1) is 0 Å². The predicted molar refractivity (Wildman–Crippen MR) is 150 cm³/mol. The van der Waals surface area contributed by atoms with E-state index in [2.05, 4.69) is 12.1 Å². The molecule has 2 heterocycles. The molecule has 0 fully saturated rings. The minimum absolute atomic E-state index is 0.194. The molecule has 196 valence electrons. The molecule has 3 aromatic carbocycles. The maximum absolute atomic E-state index is 14.0. The van der Waals surface area contributed by atoms with Gasteiger partial charge >= 0.3 is 0 Å². The molecule has 0 unspecified atom stereocenters. The van der Waals surface area contributed by atoms with E-state index in [1.807, 2.05) is 36.4 Å². The van der Waals surface area contributed by atoms with E-state index in [0.29, 0.717) is 20.1 Å². The van der Waals surface area contributed by atoms with Crippen molar-refractivity contribution in [3.8, 4) is 11.5 Å². The summed E-state index contributed by atoms with van der Waals surface area (Å²) in [5.41, 5.74) is 4.91. The average Bonchev–Trinajstić information content (AvgIpc) is 3.26. The monoisotopic (exact) mass is 559 g/mol. The Morgan fingerprint density at radius 2 is 1.79 bits per heavy atom. The molecule has 0 amide bonds. The molecule has 8 nitrogen and oxygen atoms in total. The van der Waals surface area contributed by atoms with Crippen LogP contribution in [0.4, 0.5) is 5.69 Å². The second-order valence-corrected chi connectivity index (χ2v) is 10.6. The van der Waals surface area contributed by atoms with Crippen LogP contribution in [0.15, 0.2) is 76.0 Å². The van der Waals surface area contributed by atoms with Gasteiger partial charge in [-0.1, -0.05) is 59.3 Å². The van der Waals surface area contributed by atoms with Crippen LogP contribution in [0.5, 0.6) is 11.5 Å². The van der Waals surface area contributed by atoms with E-state index in [1.165, 1.54) is 49.3 Å². The first-order valence-electron chi connectivity index (χ1n) is 12.2. The largest absolute Gasteiger partial charge is 0.493 e. The van der Waals surface area contributed by atoms with Gasteiger partial charge in [0.05, 0.1) is 47.0 Å². The minimum Gasteiger partial charge on any atom is -0.493 e. The Hall–Kier alpha value is -4.21. The Morgan fingerprint density at radius 1 is 1.08 bits per heavy atom. The van der Waals surface area contributed by atoms with Gasteiger partial charge in [-0.25, -0.2) is 4.99 Å². The van der Waals surface area contributed by atoms with Crippen molar-refractivity contribution < 1.29 is 14.4 Å². The molecule has 2 aliphatic rings. The number of halogens is 1. The minimum atomic E-state index is -0.503. The normalized spacial score (nSPS) is 16.2. The number of methoxy groups -OCH3 is 2. The molecule has 0 saturated carbocycles. The molecule has 1 aliphatic heterocycles. The van der Waals surface area contributed by atoms with Crippen LogP contribution in [0.1, 0.15) is 34.7 Å². The topological polar surface area (TPSA) is 96.0 Å². The fourth-order valence-electron chi connectivity index (χ4n) is 5.27. The second-order valence-electron chi connectivity index (χ2n) is 9.19. The number of rotatable bonds is 5. The zero-order valence-corrected chi connectivity index (χ0v) is 22.6. The van der Waals surface area contributed by atoms with E-state index in [4.69, 9.17) is 26.1 Å². The summed E-state index contributed by atoms with van der Waals surface area (Å²) in [6.45, 7) is 0. The van der Waals surface area contributed by atoms with Crippen LogP contribution >= 0.6 is 22.9 Å². The highest BCUT2D eigenvalue weighted by atomic mass is 35.5. The standard InChI is InChI=1S/C29H22ClN3O5S/c1-37-23-13-18(22(33(35)36)15-24(23)38-2)14-25-28(34)32-27(17-7-10-19(30)11-8-17)21-12-9-16-5-3-4-6-20(16)26(21)31-29(32)39-25/h3-8,10-11,13-15,27H,9,12H2,1-2H3/b25-14+/t27-/m0/s1. The lowest BCUT2D eigenvalue weighted by Gasteiger charge is -2.30. The van der Waals surface area contributed by atoms with Gasteiger partial charge in [0.1, 0.15) is 0 Å². The molecule has 10 heteroatoms. The molecule has 0 saturated heterocycles. The second kappa shape index (κ2) is 9.83. The maximum Gasteiger partial charge on any atom is 0.280 e. The predicted octanol–water partition coefficient (Wildman–Crippen LogP) is 4.90. The van der Waals surface area contributed by atoms with Gasteiger partial charge in [-0.3, -0.25) is 19.5 Å². The SMILES string of the molecule is COc1cc(/C=c2/sc3n(c2=O)[C@@H](c2ccc(Cl)cc2)C2=C(N=3)c3ccccc3CC2)c([N+](=O)[O-])cc1OC. The number of hydrogen-bond donors (Lipinski definition) is 0. The summed E-state index contributed by atoms with van der Waals surface area (Å²) in [5, 5.41) is 12.5. The van der Waals surface area contributed by atoms with Crippen molar-refractivity contribution >= 4 is 40.4 Å². The molecule has 4 aromatic rings. The summed E-state index contributed by atoms with van der Waals surface area (Å²) in [4.78, 5) is 30.8. The van der Waals surface area contributed by atoms with E-state index in [1.54, 1.807) is 4.57 Å². The van der Waals surface area contributed by atoms with Crippen molar-refractivity contribution in [3.05, 3.63) is 123 Å². The van der Waals surface area contributed by atoms with Crippen molar-refractivity contribution in [1.82, 2.24) is 4.57 Å². The highest BCUT2D eigenvalue weighted by Crippen LogP contribution is 2.41. The number of allylic oxidation sites excluding steroid dienone is 1. The third-order valence-corrected chi connectivity index (χ3v) is 8.31. The van der Waals surface area contributed by atoms with Crippen LogP contribution in [0.2, 0.25) is 5.02 Å². The van der Waals surface area contributed by atoms with Gasteiger partial charge in [-0.2, -0.15) is 0 Å². The molecule has 1 aromatic heterocycles. The number of aryl methyl sites for hydroxylation is 1. The molecule has 39 heavy (non-hydrogen) atoms. The van der Waals surface area contributed by atoms with Crippen LogP contribution in [0, 0.1) is 10.1 Å². The molecule has 0 spiro atoms. The van der Waals surface area contributed by atoms with Gasteiger partial charge in [-0.05, 0) is 53.8 Å². The number of nitrogens with zero attached hydrogens (tertiary/aromatic N) is 3. The first-order chi connectivity index (χ1) is 18.9. The summed E-state index contributed by atoms with van der Waals surface area (Å²) in [6.07, 6.45) is 3.13. The van der Waals surface area contributed by atoms with E-state index in [0.717, 1.165) is 35.2 Å². The van der Waals surface area contributed by atoms with Crippen LogP contribution in [-0.2, 0) is 6.42 Å². The molecular weight excluding hydrogens is 538 g/mol. The van der Waals surface area contributed by atoms with E-state index in [-0.39, 0.29) is 28.6 Å². The van der Waals surface area contributed by atoms with Crippen molar-refractivity contribution in [2.24, 2.45) is 4.99 Å². The van der Waals surface area contributed by atoms with E-state index < -0.39 is 4.92 Å². The smallest absolute Gasteiger partial charge is 0.280 e. The summed E-state index contributed by atoms with van der Waals surface area (Å²) >= 11 is 7.40. The van der Waals surface area contributed by atoms with Crippen LogP contribution in [0.3, 0.4) is 0 Å². The average molecular weight is 560 g/mol. The quantitative estimate of drug-likeness (QED) is 0.256. The summed E-state index contributed by atoms with van der Waals surface area (Å²) < 4.78 is 12.6. The fourth-order valence-corrected chi connectivity index (χ4v) is 6.38. The van der Waals surface area contributed by atoms with Crippen molar-refractivity contribution in [3.63, 3.8) is 0 Å². The molecule has 1 aliphatic carbocycles. The highest BCUT2D eigenvalue weighted by Gasteiger charge is 2.32. The van der Waals surface area contributed by atoms with Gasteiger partial charge in [0, 0.05) is 10.6 Å². The van der Waals surface area contributed by atoms with Gasteiger partial charge in [0.2, 0.25) is 0 Å². The number of thiazole rings is 1. The highest BCUT2D eigenvalue weighted by molar-refractivity contribution is 7.07. The molecular formula is C29H22ClN3O5S. The number of nitro benzene ring substituents is 1. The zero-order chi connectivity index (χ0) is 27.3. The zero-order valence-electron chi connectivity index (χ0n) is 21.0. The van der Waals surface area contributed by atoms with E-state index in [9.17, 15) is 14.9 Å². The number of ether oxygens (including phenoxy) is 2. The van der Waals surface area contributed by atoms with Crippen LogP contribution < -0.4 is 24.4 Å². The Labute approximate surface area is 231 Å². The number of benzene rings is 3. The fraction of sp³-hybridized carbons (Fsp3) is 0.172. The lowest BCUT2D eigenvalue weighted by atomic mass is 9.83. The van der Waals surface area contributed by atoms with Crippen molar-refractivity contribution in [1.29, 1.82) is 0 Å². The molecule has 1 atom stereocenters. The van der Waals surface area contributed by atoms with E-state index >= 15 is 0 Å². The third kappa shape index (κ3) is 4.24. The number of hydrogen-bond acceptors (Lipinski definition) is 7. The first-order valence-corrected chi connectivity index (χ1v) is 13.4. The third-order valence-electron chi connectivity index (χ3n) is 7.07. The maximum atomic E-state index is 14.0. The molecule has 0 N–H and O–H groups in total. The Balaban J connectivity index is 1.62. The number of nitro groups is 1. The lowest BCUT2D eigenvalue weighted by Crippen LogP contribution is -2.38. The van der Waals surface area contributed by atoms with Gasteiger partial charge in [0.25, 0.3) is 11.2 Å². The molecule has 0 radical (unpaired) electrons.